The number of nitrogens with two attached hydrogens (primary N) is 1. The second kappa shape index (κ2) is 6.03. The van der Waals surface area contributed by atoms with Crippen LogP contribution in [0.2, 0.25) is 0 Å². The topological polar surface area (TPSA) is 112 Å². The van der Waals surface area contributed by atoms with Crippen LogP contribution in [0.3, 0.4) is 0 Å². The molecule has 0 fully saturated rings. The lowest BCUT2D eigenvalue weighted by molar-refractivity contribution is 0.0656. The number of nitrogens with zero attached hydrogens (tertiary/aromatic N) is 2. The average molecular weight is 348 g/mol. The standard InChI is InChI=1S/C19H16N4O3/c20-17(22-26)11-5-6-16-15(9-11)12(10-21-16)7-8-23-18(24)13-3-1-2-4-14(13)19(23)25/h1-6,9-10,21,26H,7-8H2,(H2,20,22). The van der Waals surface area contributed by atoms with Gasteiger partial charge in [-0.15, -0.1) is 0 Å². The molecular weight excluding hydrogens is 332 g/mol. The Labute approximate surface area is 148 Å². The lowest BCUT2D eigenvalue weighted by Crippen LogP contribution is -2.31. The van der Waals surface area contributed by atoms with Gasteiger partial charge in [-0.3, -0.25) is 14.5 Å². The third-order valence-electron chi connectivity index (χ3n) is 4.65. The molecule has 0 saturated carbocycles. The maximum Gasteiger partial charge on any atom is 0.261 e. The fourth-order valence-electron chi connectivity index (χ4n) is 3.28. The molecule has 26 heavy (non-hydrogen) atoms. The molecule has 2 amide bonds. The minimum Gasteiger partial charge on any atom is -0.409 e. The number of H-pyrrole nitrogens is 1. The first-order valence-electron chi connectivity index (χ1n) is 8.13. The van der Waals surface area contributed by atoms with Crippen LogP contribution < -0.4 is 5.73 Å². The number of aromatic nitrogens is 1. The molecule has 2 heterocycles. The first-order valence-corrected chi connectivity index (χ1v) is 8.13. The second-order valence-electron chi connectivity index (χ2n) is 6.12. The number of carbonyl (C=O) groups excluding carboxylic acids is 2. The molecule has 0 atom stereocenters. The average Bonchev–Trinajstić information content (AvgIpc) is 3.19. The highest BCUT2D eigenvalue weighted by molar-refractivity contribution is 6.21. The SMILES string of the molecule is N/C(=N\O)c1ccc2[nH]cc(CCN3C(=O)c4ccccc4C3=O)c2c1. The summed E-state index contributed by atoms with van der Waals surface area (Å²) in [7, 11) is 0. The van der Waals surface area contributed by atoms with Crippen molar-refractivity contribution >= 4 is 28.6 Å². The molecule has 0 spiro atoms. The number of nitrogens with one attached hydrogen (secondary N) is 1. The number of aromatic amines is 1. The Hall–Kier alpha value is -3.61. The van der Waals surface area contributed by atoms with Gasteiger partial charge >= 0.3 is 0 Å². The van der Waals surface area contributed by atoms with Crippen LogP contribution >= 0.6 is 0 Å². The van der Waals surface area contributed by atoms with E-state index in [1.54, 1.807) is 30.3 Å². The van der Waals surface area contributed by atoms with Crippen LogP contribution in [0.5, 0.6) is 0 Å². The van der Waals surface area contributed by atoms with Gasteiger partial charge in [0, 0.05) is 29.2 Å². The fraction of sp³-hybridized carbons (Fsp3) is 0.105. The van der Waals surface area contributed by atoms with Crippen LogP contribution in [-0.2, 0) is 6.42 Å². The number of carbonyl (C=O) groups is 2. The Bertz CT molecular complexity index is 1030. The van der Waals surface area contributed by atoms with Gasteiger partial charge in [-0.1, -0.05) is 17.3 Å². The van der Waals surface area contributed by atoms with Gasteiger partial charge in [0.25, 0.3) is 11.8 Å². The maximum atomic E-state index is 12.4. The second-order valence-corrected chi connectivity index (χ2v) is 6.12. The minimum atomic E-state index is -0.261. The van der Waals surface area contributed by atoms with Gasteiger partial charge < -0.3 is 15.9 Å². The summed E-state index contributed by atoms with van der Waals surface area (Å²) in [6.45, 7) is 0.285. The van der Waals surface area contributed by atoms with Crippen molar-refractivity contribution in [2.45, 2.75) is 6.42 Å². The fourth-order valence-corrected chi connectivity index (χ4v) is 3.28. The maximum absolute atomic E-state index is 12.4. The van der Waals surface area contributed by atoms with Crippen molar-refractivity contribution < 1.29 is 14.8 Å². The highest BCUT2D eigenvalue weighted by Gasteiger charge is 2.34. The highest BCUT2D eigenvalue weighted by atomic mass is 16.4. The number of amidine groups is 1. The Morgan fingerprint density at radius 3 is 2.46 bits per heavy atom. The number of oxime groups is 1. The van der Waals surface area contributed by atoms with Crippen molar-refractivity contribution in [1.82, 2.24) is 9.88 Å². The van der Waals surface area contributed by atoms with Crippen LogP contribution in [-0.4, -0.2) is 39.3 Å². The molecule has 3 aromatic rings. The van der Waals surface area contributed by atoms with Crippen molar-refractivity contribution in [3.63, 3.8) is 0 Å². The van der Waals surface area contributed by atoms with E-state index < -0.39 is 0 Å². The first kappa shape index (κ1) is 15.9. The predicted molar refractivity (Wildman–Crippen MR) is 96.3 cm³/mol. The summed E-state index contributed by atoms with van der Waals surface area (Å²) in [6, 6.07) is 12.3. The predicted octanol–water partition coefficient (Wildman–Crippen LogP) is 2.10. The van der Waals surface area contributed by atoms with E-state index in [1.165, 1.54) is 4.90 Å². The number of rotatable bonds is 4. The van der Waals surface area contributed by atoms with Crippen molar-refractivity contribution in [2.24, 2.45) is 10.9 Å². The Morgan fingerprint density at radius 2 is 1.81 bits per heavy atom. The molecule has 0 aliphatic carbocycles. The monoisotopic (exact) mass is 348 g/mol. The Morgan fingerprint density at radius 1 is 1.12 bits per heavy atom. The molecule has 1 aliphatic heterocycles. The summed E-state index contributed by atoms with van der Waals surface area (Å²) in [4.78, 5) is 29.3. The molecule has 7 nitrogen and oxygen atoms in total. The lowest BCUT2D eigenvalue weighted by Gasteiger charge is -2.13. The summed E-state index contributed by atoms with van der Waals surface area (Å²) in [5.74, 6) is -0.495. The Balaban J connectivity index is 1.59. The van der Waals surface area contributed by atoms with Crippen molar-refractivity contribution in [2.75, 3.05) is 6.54 Å². The van der Waals surface area contributed by atoms with Gasteiger partial charge in [-0.25, -0.2) is 0 Å². The molecule has 7 heteroatoms. The lowest BCUT2D eigenvalue weighted by atomic mass is 10.1. The molecule has 4 N–H and O–H groups in total. The summed E-state index contributed by atoms with van der Waals surface area (Å²) in [6.07, 6.45) is 2.35. The Kier molecular flexibility index (Phi) is 3.69. The van der Waals surface area contributed by atoms with Crippen LogP contribution in [0.25, 0.3) is 10.9 Å². The van der Waals surface area contributed by atoms with E-state index in [0.29, 0.717) is 23.1 Å². The molecule has 2 aromatic carbocycles. The largest absolute Gasteiger partial charge is 0.409 e. The quantitative estimate of drug-likeness (QED) is 0.220. The van der Waals surface area contributed by atoms with E-state index in [-0.39, 0.29) is 24.2 Å². The summed E-state index contributed by atoms with van der Waals surface area (Å²) in [5.41, 5.74) is 9.00. The molecule has 130 valence electrons. The van der Waals surface area contributed by atoms with Gasteiger partial charge in [0.05, 0.1) is 11.1 Å². The minimum absolute atomic E-state index is 0.0272. The molecule has 0 radical (unpaired) electrons. The van der Waals surface area contributed by atoms with Gasteiger partial charge in [0.15, 0.2) is 5.84 Å². The van der Waals surface area contributed by atoms with E-state index >= 15 is 0 Å². The van der Waals surface area contributed by atoms with Crippen LogP contribution in [0, 0.1) is 0 Å². The third-order valence-corrected chi connectivity index (χ3v) is 4.65. The van der Waals surface area contributed by atoms with Crippen molar-refractivity contribution in [3.05, 3.63) is 70.9 Å². The van der Waals surface area contributed by atoms with Gasteiger partial charge in [0.1, 0.15) is 0 Å². The third kappa shape index (κ3) is 2.41. The van der Waals surface area contributed by atoms with Gasteiger partial charge in [0.2, 0.25) is 0 Å². The van der Waals surface area contributed by atoms with E-state index in [2.05, 4.69) is 10.1 Å². The number of hydrogen-bond acceptors (Lipinski definition) is 4. The molecule has 1 aromatic heterocycles. The van der Waals surface area contributed by atoms with Crippen LogP contribution in [0.15, 0.2) is 53.8 Å². The summed E-state index contributed by atoms with van der Waals surface area (Å²) >= 11 is 0. The van der Waals surface area contributed by atoms with E-state index in [4.69, 9.17) is 10.9 Å². The summed E-state index contributed by atoms with van der Waals surface area (Å²) in [5, 5.41) is 12.8. The van der Waals surface area contributed by atoms with Crippen LogP contribution in [0.1, 0.15) is 31.8 Å². The number of imide groups is 1. The normalized spacial score (nSPS) is 14.3. The smallest absolute Gasteiger partial charge is 0.261 e. The zero-order valence-electron chi connectivity index (χ0n) is 13.8. The van der Waals surface area contributed by atoms with Gasteiger partial charge in [-0.05, 0) is 42.3 Å². The molecule has 0 bridgehead atoms. The van der Waals surface area contributed by atoms with Gasteiger partial charge in [-0.2, -0.15) is 0 Å². The summed E-state index contributed by atoms with van der Waals surface area (Å²) < 4.78 is 0. The molecule has 0 saturated heterocycles. The number of fused-ring (bicyclic) bond motifs is 2. The van der Waals surface area contributed by atoms with Crippen molar-refractivity contribution in [1.29, 1.82) is 0 Å². The van der Waals surface area contributed by atoms with E-state index in [0.717, 1.165) is 16.5 Å². The van der Waals surface area contributed by atoms with Crippen molar-refractivity contribution in [3.8, 4) is 0 Å². The zero-order chi connectivity index (χ0) is 18.3. The van der Waals surface area contributed by atoms with E-state index in [9.17, 15) is 9.59 Å². The number of amides is 2. The number of hydrogen-bond donors (Lipinski definition) is 3. The van der Waals surface area contributed by atoms with E-state index in [1.807, 2.05) is 18.3 Å². The molecule has 1 aliphatic rings. The molecule has 4 rings (SSSR count). The molecule has 0 unspecified atom stereocenters. The number of benzene rings is 2. The van der Waals surface area contributed by atoms with Crippen LogP contribution in [0.4, 0.5) is 0 Å². The first-order chi connectivity index (χ1) is 12.6. The molecular formula is C19H16N4O3. The zero-order valence-corrected chi connectivity index (χ0v) is 13.8. The highest BCUT2D eigenvalue weighted by Crippen LogP contribution is 2.25.